The lowest BCUT2D eigenvalue weighted by Gasteiger charge is -2.11. The molecule has 0 aliphatic heterocycles. The van der Waals surface area contributed by atoms with Crippen molar-refractivity contribution in [3.63, 3.8) is 0 Å². The van der Waals surface area contributed by atoms with E-state index in [-0.39, 0.29) is 11.2 Å². The number of ether oxygens (including phenoxy) is 1. The van der Waals surface area contributed by atoms with E-state index < -0.39 is 0 Å². The van der Waals surface area contributed by atoms with Crippen molar-refractivity contribution in [3.05, 3.63) is 48.7 Å². The minimum Gasteiger partial charge on any atom is -0.497 e. The Bertz CT molecular complexity index is 816. The number of fused-ring (bicyclic) bond motifs is 1. The molecule has 0 radical (unpaired) electrons. The lowest BCUT2D eigenvalue weighted by Crippen LogP contribution is -2.22. The Hall–Kier alpha value is -2.54. The number of pyridine rings is 1. The van der Waals surface area contributed by atoms with Crippen molar-refractivity contribution in [1.29, 1.82) is 0 Å². The van der Waals surface area contributed by atoms with Crippen LogP contribution in [0.3, 0.4) is 0 Å². The fourth-order valence-electron chi connectivity index (χ4n) is 2.03. The van der Waals surface area contributed by atoms with Crippen LogP contribution in [-0.4, -0.2) is 32.9 Å². The number of anilines is 1. The van der Waals surface area contributed by atoms with Crippen LogP contribution in [-0.2, 0) is 4.79 Å². The molecular formula is C16H16N4O2S. The van der Waals surface area contributed by atoms with Crippen LogP contribution in [0.5, 0.6) is 5.75 Å². The van der Waals surface area contributed by atoms with Crippen molar-refractivity contribution >= 4 is 29.0 Å². The molecule has 0 bridgehead atoms. The van der Waals surface area contributed by atoms with Crippen molar-refractivity contribution in [2.45, 2.75) is 17.3 Å². The SMILES string of the molecule is COc1ccc(NC(=O)[C@H](C)Sc2nnc3ccccn23)cc1. The van der Waals surface area contributed by atoms with Crippen LogP contribution >= 0.6 is 11.8 Å². The van der Waals surface area contributed by atoms with E-state index in [0.29, 0.717) is 5.16 Å². The molecule has 118 valence electrons. The van der Waals surface area contributed by atoms with Crippen LogP contribution in [0.15, 0.2) is 53.8 Å². The van der Waals surface area contributed by atoms with Crippen molar-refractivity contribution < 1.29 is 9.53 Å². The highest BCUT2D eigenvalue weighted by atomic mass is 32.2. The zero-order valence-corrected chi connectivity index (χ0v) is 13.6. The number of nitrogens with zero attached hydrogens (tertiary/aromatic N) is 3. The summed E-state index contributed by atoms with van der Waals surface area (Å²) in [5, 5.41) is 11.5. The van der Waals surface area contributed by atoms with E-state index in [1.165, 1.54) is 11.8 Å². The Morgan fingerprint density at radius 3 is 2.74 bits per heavy atom. The first-order valence-corrected chi connectivity index (χ1v) is 7.96. The van der Waals surface area contributed by atoms with E-state index in [0.717, 1.165) is 17.1 Å². The number of hydrogen-bond donors (Lipinski definition) is 1. The summed E-state index contributed by atoms with van der Waals surface area (Å²) in [5.74, 6) is 0.660. The maximum Gasteiger partial charge on any atom is 0.237 e. The quantitative estimate of drug-likeness (QED) is 0.729. The number of carbonyl (C=O) groups is 1. The molecule has 0 saturated heterocycles. The second kappa shape index (κ2) is 6.70. The van der Waals surface area contributed by atoms with Gasteiger partial charge in [0.15, 0.2) is 10.8 Å². The van der Waals surface area contributed by atoms with Crippen LogP contribution in [0.1, 0.15) is 6.92 Å². The number of methoxy groups -OCH3 is 1. The summed E-state index contributed by atoms with van der Waals surface area (Å²) in [4.78, 5) is 12.3. The third-order valence-electron chi connectivity index (χ3n) is 3.29. The van der Waals surface area contributed by atoms with Gasteiger partial charge in [0.2, 0.25) is 5.91 Å². The fraction of sp³-hybridized carbons (Fsp3) is 0.188. The predicted octanol–water partition coefficient (Wildman–Crippen LogP) is 2.86. The van der Waals surface area contributed by atoms with E-state index in [4.69, 9.17) is 4.74 Å². The van der Waals surface area contributed by atoms with Gasteiger partial charge >= 0.3 is 0 Å². The second-order valence-electron chi connectivity index (χ2n) is 4.89. The maximum absolute atomic E-state index is 12.3. The van der Waals surface area contributed by atoms with Crippen LogP contribution in [0.4, 0.5) is 5.69 Å². The van der Waals surface area contributed by atoms with Gasteiger partial charge in [-0.15, -0.1) is 10.2 Å². The highest BCUT2D eigenvalue weighted by Gasteiger charge is 2.18. The third-order valence-corrected chi connectivity index (χ3v) is 4.35. The molecule has 23 heavy (non-hydrogen) atoms. The summed E-state index contributed by atoms with van der Waals surface area (Å²) >= 11 is 1.37. The summed E-state index contributed by atoms with van der Waals surface area (Å²) in [5.41, 5.74) is 1.49. The first-order chi connectivity index (χ1) is 11.2. The van der Waals surface area contributed by atoms with Gasteiger partial charge in [0.05, 0.1) is 12.4 Å². The molecule has 3 aromatic rings. The standard InChI is InChI=1S/C16H16N4O2S/c1-11(15(21)17-12-6-8-13(22-2)9-7-12)23-16-19-18-14-5-3-4-10-20(14)16/h3-11H,1-2H3,(H,17,21)/t11-/m0/s1. The zero-order valence-electron chi connectivity index (χ0n) is 12.8. The summed E-state index contributed by atoms with van der Waals surface area (Å²) in [6.07, 6.45) is 1.88. The molecule has 1 N–H and O–H groups in total. The average molecular weight is 328 g/mol. The topological polar surface area (TPSA) is 68.5 Å². The summed E-state index contributed by atoms with van der Waals surface area (Å²) in [7, 11) is 1.61. The highest BCUT2D eigenvalue weighted by Crippen LogP contribution is 2.23. The molecule has 7 heteroatoms. The number of nitrogens with one attached hydrogen (secondary N) is 1. The Kier molecular flexibility index (Phi) is 4.47. The fourth-order valence-corrected chi connectivity index (χ4v) is 2.87. The predicted molar refractivity (Wildman–Crippen MR) is 89.9 cm³/mol. The van der Waals surface area contributed by atoms with Crippen molar-refractivity contribution in [1.82, 2.24) is 14.6 Å². The number of hydrogen-bond acceptors (Lipinski definition) is 5. The van der Waals surface area contributed by atoms with Gasteiger partial charge in [-0.1, -0.05) is 17.8 Å². The summed E-state index contributed by atoms with van der Waals surface area (Å²) < 4.78 is 6.96. The molecule has 0 unspecified atom stereocenters. The molecule has 2 heterocycles. The van der Waals surface area contributed by atoms with Gasteiger partial charge in [-0.2, -0.15) is 0 Å². The minimum absolute atomic E-state index is 0.0900. The monoisotopic (exact) mass is 328 g/mol. The zero-order chi connectivity index (χ0) is 16.2. The number of amides is 1. The molecule has 0 aliphatic rings. The Morgan fingerprint density at radius 1 is 1.22 bits per heavy atom. The van der Waals surface area contributed by atoms with Gasteiger partial charge in [-0.05, 0) is 43.3 Å². The lowest BCUT2D eigenvalue weighted by atomic mass is 10.3. The van der Waals surface area contributed by atoms with Gasteiger partial charge in [0.25, 0.3) is 0 Å². The number of benzene rings is 1. The molecular weight excluding hydrogens is 312 g/mol. The Labute approximate surface area is 137 Å². The molecule has 0 fully saturated rings. The van der Waals surface area contributed by atoms with Crippen molar-refractivity contribution in [2.75, 3.05) is 12.4 Å². The number of aromatic nitrogens is 3. The average Bonchev–Trinajstić information content (AvgIpc) is 2.98. The van der Waals surface area contributed by atoms with Gasteiger partial charge < -0.3 is 10.1 Å². The van der Waals surface area contributed by atoms with Gasteiger partial charge in [-0.3, -0.25) is 9.20 Å². The summed E-state index contributed by atoms with van der Waals surface area (Å²) in [6.45, 7) is 1.84. The smallest absolute Gasteiger partial charge is 0.237 e. The maximum atomic E-state index is 12.3. The molecule has 2 aromatic heterocycles. The first kappa shape index (κ1) is 15.4. The number of carbonyl (C=O) groups excluding carboxylic acids is 1. The number of rotatable bonds is 5. The second-order valence-corrected chi connectivity index (χ2v) is 6.20. The van der Waals surface area contributed by atoms with Crippen LogP contribution in [0.2, 0.25) is 0 Å². The largest absolute Gasteiger partial charge is 0.497 e. The van der Waals surface area contributed by atoms with E-state index in [1.807, 2.05) is 35.7 Å². The molecule has 1 atom stereocenters. The number of thioether (sulfide) groups is 1. The molecule has 1 aromatic carbocycles. The molecule has 6 nitrogen and oxygen atoms in total. The van der Waals surface area contributed by atoms with E-state index in [1.54, 1.807) is 31.4 Å². The van der Waals surface area contributed by atoms with E-state index in [9.17, 15) is 4.79 Å². The molecule has 0 aliphatic carbocycles. The molecule has 3 rings (SSSR count). The van der Waals surface area contributed by atoms with Gasteiger partial charge in [-0.25, -0.2) is 0 Å². The lowest BCUT2D eigenvalue weighted by molar-refractivity contribution is -0.115. The van der Waals surface area contributed by atoms with Crippen LogP contribution in [0, 0.1) is 0 Å². The highest BCUT2D eigenvalue weighted by molar-refractivity contribution is 8.00. The van der Waals surface area contributed by atoms with Crippen LogP contribution < -0.4 is 10.1 Å². The molecule has 0 spiro atoms. The first-order valence-electron chi connectivity index (χ1n) is 7.09. The minimum atomic E-state index is -0.301. The Balaban J connectivity index is 1.67. The van der Waals surface area contributed by atoms with E-state index in [2.05, 4.69) is 15.5 Å². The molecule has 1 amide bonds. The normalized spacial score (nSPS) is 12.1. The Morgan fingerprint density at radius 2 is 2.00 bits per heavy atom. The van der Waals surface area contributed by atoms with Crippen LogP contribution in [0.25, 0.3) is 5.65 Å². The van der Waals surface area contributed by atoms with Gasteiger partial charge in [0, 0.05) is 11.9 Å². The van der Waals surface area contributed by atoms with Crippen molar-refractivity contribution in [3.8, 4) is 5.75 Å². The summed E-state index contributed by atoms with van der Waals surface area (Å²) in [6, 6.07) is 12.9. The molecule has 0 saturated carbocycles. The van der Waals surface area contributed by atoms with Gasteiger partial charge in [0.1, 0.15) is 5.75 Å². The van der Waals surface area contributed by atoms with E-state index >= 15 is 0 Å². The van der Waals surface area contributed by atoms with Crippen molar-refractivity contribution in [2.24, 2.45) is 0 Å². The third kappa shape index (κ3) is 3.45.